The topological polar surface area (TPSA) is 92.3 Å². The van der Waals surface area contributed by atoms with Crippen LogP contribution in [0.4, 0.5) is 0 Å². The summed E-state index contributed by atoms with van der Waals surface area (Å²) in [6.45, 7) is 15.6. The van der Waals surface area contributed by atoms with E-state index in [0.717, 1.165) is 44.1 Å². The lowest BCUT2D eigenvalue weighted by atomic mass is 9.98. The molecule has 54 heavy (non-hydrogen) atoms. The maximum absolute atomic E-state index is 6.75. The van der Waals surface area contributed by atoms with Gasteiger partial charge in [0.05, 0.1) is 43.2 Å². The van der Waals surface area contributed by atoms with E-state index in [4.69, 9.17) is 47.1 Å². The highest BCUT2D eigenvalue weighted by molar-refractivity contribution is 6.74. The van der Waals surface area contributed by atoms with Crippen LogP contribution >= 0.6 is 0 Å². The van der Waals surface area contributed by atoms with Gasteiger partial charge in [-0.15, -0.1) is 0 Å². The fraction of sp³-hybridized carbons (Fsp3) is 0.860. The molecule has 1 aliphatic rings. The van der Waals surface area contributed by atoms with Crippen molar-refractivity contribution in [3.05, 3.63) is 35.9 Å². The van der Waals surface area contributed by atoms with Crippen molar-refractivity contribution < 1.29 is 47.1 Å². The second kappa shape index (κ2) is 29.3. The van der Waals surface area contributed by atoms with Crippen molar-refractivity contribution in [3.8, 4) is 0 Å². The fourth-order valence-electron chi connectivity index (χ4n) is 6.71. The van der Waals surface area contributed by atoms with Crippen molar-refractivity contribution in [1.82, 2.24) is 0 Å². The van der Waals surface area contributed by atoms with Gasteiger partial charge in [-0.05, 0) is 68.6 Å². The molecule has 0 spiro atoms. The fourth-order valence-corrected chi connectivity index (χ4v) is 7.80. The van der Waals surface area contributed by atoms with E-state index in [2.05, 4.69) is 52.9 Å². The molecule has 6 atom stereocenters. The maximum Gasteiger partial charge on any atom is 0.191 e. The molecule has 1 saturated heterocycles. The summed E-state index contributed by atoms with van der Waals surface area (Å²) >= 11 is 0. The molecule has 0 bridgehead atoms. The molecule has 0 amide bonds. The second-order valence-corrected chi connectivity index (χ2v) is 21.2. The van der Waals surface area contributed by atoms with E-state index in [1.807, 2.05) is 18.2 Å². The quantitative estimate of drug-likeness (QED) is 0.0382. The monoisotopic (exact) mass is 785 g/mol. The van der Waals surface area contributed by atoms with Gasteiger partial charge >= 0.3 is 0 Å². The molecule has 2 rings (SSSR count). The number of unbranched alkanes of at least 4 members (excludes halogenated alkanes) is 7. The summed E-state index contributed by atoms with van der Waals surface area (Å²) in [6.07, 6.45) is 15.3. The van der Waals surface area contributed by atoms with E-state index in [1.54, 1.807) is 21.3 Å². The highest BCUT2D eigenvalue weighted by Gasteiger charge is 2.39. The van der Waals surface area contributed by atoms with E-state index in [1.165, 1.54) is 44.9 Å². The Kier molecular flexibility index (Phi) is 26.7. The van der Waals surface area contributed by atoms with Crippen molar-refractivity contribution >= 4 is 8.32 Å². The molecule has 0 aromatic heterocycles. The van der Waals surface area contributed by atoms with E-state index in [-0.39, 0.29) is 68.8 Å². The number of rotatable bonds is 34. The van der Waals surface area contributed by atoms with Gasteiger partial charge in [0, 0.05) is 27.9 Å². The zero-order valence-electron chi connectivity index (χ0n) is 35.8. The van der Waals surface area contributed by atoms with Crippen molar-refractivity contribution in [2.75, 3.05) is 55.1 Å². The Labute approximate surface area is 331 Å². The van der Waals surface area contributed by atoms with Crippen LogP contribution in [0.2, 0.25) is 18.1 Å². The Hall–Kier alpha value is -0.963. The first-order chi connectivity index (χ1) is 26.1. The standard InChI is InChI=1S/C43H80O10Si/c1-10-11-12-13-14-15-16-20-24-38(48-32-44-5)41-28-29-42(53-41)40(50-34-46-7)27-26-39(49-33-45-6)37(25-21-30-52-54(8,9)43(2,3)4)51-35-47-31-36-22-18-17-19-23-36/h17-19,22-23,37-42H,10-16,20-21,24-35H2,1-9H3/t37-,38+,39+,40-,41-,42-/m1/s1. The molecule has 0 N–H and O–H groups in total. The van der Waals surface area contributed by atoms with Crippen LogP contribution in [0.3, 0.4) is 0 Å². The molecule has 11 heteroatoms. The summed E-state index contributed by atoms with van der Waals surface area (Å²) < 4.78 is 60.6. The zero-order valence-corrected chi connectivity index (χ0v) is 36.8. The highest BCUT2D eigenvalue weighted by atomic mass is 28.4. The average molecular weight is 785 g/mol. The van der Waals surface area contributed by atoms with E-state index < -0.39 is 8.32 Å². The lowest BCUT2D eigenvalue weighted by molar-refractivity contribution is -0.178. The van der Waals surface area contributed by atoms with Gasteiger partial charge < -0.3 is 47.1 Å². The number of benzene rings is 1. The molecular formula is C43H80O10Si. The highest BCUT2D eigenvalue weighted by Crippen LogP contribution is 2.37. The zero-order chi connectivity index (χ0) is 39.5. The van der Waals surface area contributed by atoms with Crippen LogP contribution < -0.4 is 0 Å². The molecule has 0 radical (unpaired) electrons. The first-order valence-corrected chi connectivity index (χ1v) is 23.8. The molecule has 1 aliphatic heterocycles. The second-order valence-electron chi connectivity index (χ2n) is 16.4. The summed E-state index contributed by atoms with van der Waals surface area (Å²) in [5.41, 5.74) is 1.10. The van der Waals surface area contributed by atoms with Crippen molar-refractivity contribution in [1.29, 1.82) is 0 Å². The van der Waals surface area contributed by atoms with E-state index in [9.17, 15) is 0 Å². The molecular weight excluding hydrogens is 705 g/mol. The van der Waals surface area contributed by atoms with Crippen LogP contribution in [0.1, 0.15) is 130 Å². The Morgan fingerprint density at radius 1 is 0.648 bits per heavy atom. The van der Waals surface area contributed by atoms with Gasteiger partial charge in [0.25, 0.3) is 0 Å². The van der Waals surface area contributed by atoms with Gasteiger partial charge in [-0.3, -0.25) is 0 Å². The van der Waals surface area contributed by atoms with E-state index in [0.29, 0.717) is 26.1 Å². The third kappa shape index (κ3) is 20.5. The van der Waals surface area contributed by atoms with Gasteiger partial charge in [-0.1, -0.05) is 109 Å². The third-order valence-electron chi connectivity index (χ3n) is 11.0. The number of methoxy groups -OCH3 is 3. The van der Waals surface area contributed by atoms with Gasteiger partial charge in [0.15, 0.2) is 8.32 Å². The summed E-state index contributed by atoms with van der Waals surface area (Å²) in [7, 11) is 3.12. The van der Waals surface area contributed by atoms with Crippen molar-refractivity contribution in [2.24, 2.45) is 0 Å². The van der Waals surface area contributed by atoms with Gasteiger partial charge in [-0.2, -0.15) is 0 Å². The van der Waals surface area contributed by atoms with Crippen LogP contribution in [-0.4, -0.2) is 100 Å². The summed E-state index contributed by atoms with van der Waals surface area (Å²) in [4.78, 5) is 0. The molecule has 10 nitrogen and oxygen atoms in total. The minimum Gasteiger partial charge on any atom is -0.417 e. The van der Waals surface area contributed by atoms with Crippen molar-refractivity contribution in [2.45, 2.75) is 185 Å². The first-order valence-electron chi connectivity index (χ1n) is 20.9. The average Bonchev–Trinajstić information content (AvgIpc) is 3.64. The predicted octanol–water partition coefficient (Wildman–Crippen LogP) is 10.2. The molecule has 1 heterocycles. The normalized spacial score (nSPS) is 18.9. The minimum atomic E-state index is -1.87. The smallest absolute Gasteiger partial charge is 0.191 e. The van der Waals surface area contributed by atoms with E-state index >= 15 is 0 Å². The molecule has 1 aromatic rings. The lowest BCUT2D eigenvalue weighted by Gasteiger charge is -2.36. The van der Waals surface area contributed by atoms with Gasteiger partial charge in [-0.25, -0.2) is 0 Å². The minimum absolute atomic E-state index is 0.00175. The number of ether oxygens (including phenoxy) is 9. The Bertz CT molecular complexity index is 1010. The summed E-state index contributed by atoms with van der Waals surface area (Å²) in [5, 5.41) is 0.153. The van der Waals surface area contributed by atoms with Crippen molar-refractivity contribution in [3.63, 3.8) is 0 Å². The SMILES string of the molecule is CCCCCCCCCC[C@H](OCOC)[C@H]1CC[C@H]([C@@H](CC[C@H](OCOC)[C@@H](CCCO[Si](C)(C)C(C)(C)C)OCOCc2ccccc2)OCOC)O1. The van der Waals surface area contributed by atoms with Crippen LogP contribution in [0.25, 0.3) is 0 Å². The number of hydrogen-bond donors (Lipinski definition) is 0. The molecule has 1 fully saturated rings. The largest absolute Gasteiger partial charge is 0.417 e. The molecule has 1 aromatic carbocycles. The molecule has 0 saturated carbocycles. The van der Waals surface area contributed by atoms with Crippen LogP contribution in [0.5, 0.6) is 0 Å². The summed E-state index contributed by atoms with van der Waals surface area (Å²) in [6, 6.07) is 10.1. The molecule has 0 aliphatic carbocycles. The molecule has 316 valence electrons. The lowest BCUT2D eigenvalue weighted by Crippen LogP contribution is -2.41. The predicted molar refractivity (Wildman–Crippen MR) is 218 cm³/mol. The van der Waals surface area contributed by atoms with Crippen LogP contribution in [-0.2, 0) is 53.7 Å². The Morgan fingerprint density at radius 2 is 1.19 bits per heavy atom. The molecule has 0 unspecified atom stereocenters. The third-order valence-corrected chi connectivity index (χ3v) is 15.5. The van der Waals surface area contributed by atoms with Gasteiger partial charge in [0.1, 0.15) is 27.2 Å². The van der Waals surface area contributed by atoms with Crippen LogP contribution in [0.15, 0.2) is 30.3 Å². The van der Waals surface area contributed by atoms with Crippen LogP contribution in [0, 0.1) is 0 Å². The number of hydrogen-bond acceptors (Lipinski definition) is 10. The maximum atomic E-state index is 6.75. The Balaban J connectivity index is 2.07. The Morgan fingerprint density at radius 3 is 1.78 bits per heavy atom. The first kappa shape index (κ1) is 49.2. The van der Waals surface area contributed by atoms with Gasteiger partial charge in [0.2, 0.25) is 0 Å². The summed E-state index contributed by atoms with van der Waals surface area (Å²) in [5.74, 6) is 0.